The molecule has 1 atom stereocenters. The highest BCUT2D eigenvalue weighted by molar-refractivity contribution is 5.65. The molecule has 1 amide bonds. The Balaban J connectivity index is 2.03. The van der Waals surface area contributed by atoms with E-state index < -0.39 is 6.09 Å². The molecule has 0 saturated carbocycles. The molecule has 1 unspecified atom stereocenters. The molecule has 1 aromatic rings. The second-order valence-electron chi connectivity index (χ2n) is 3.23. The molecule has 0 aromatic carbocycles. The van der Waals surface area contributed by atoms with E-state index in [-0.39, 0.29) is 0 Å². The third kappa shape index (κ3) is 1.49. The van der Waals surface area contributed by atoms with Crippen LogP contribution in [0.15, 0.2) is 12.3 Å². The van der Waals surface area contributed by atoms with Gasteiger partial charge in [-0.15, -0.1) is 0 Å². The summed E-state index contributed by atoms with van der Waals surface area (Å²) in [7, 11) is 0. The number of carbonyl (C=O) groups is 1. The van der Waals surface area contributed by atoms with Crippen LogP contribution in [-0.2, 0) is 0 Å². The summed E-state index contributed by atoms with van der Waals surface area (Å²) in [6.45, 7) is 1.20. The van der Waals surface area contributed by atoms with Gasteiger partial charge in [0.25, 0.3) is 0 Å². The van der Waals surface area contributed by atoms with Crippen molar-refractivity contribution in [3.05, 3.63) is 18.0 Å². The minimum atomic E-state index is -0.831. The molecule has 0 radical (unpaired) electrons. The van der Waals surface area contributed by atoms with Crippen LogP contribution in [0.25, 0.3) is 0 Å². The van der Waals surface area contributed by atoms with E-state index in [2.05, 4.69) is 10.2 Å². The van der Waals surface area contributed by atoms with Crippen LogP contribution in [0.3, 0.4) is 0 Å². The molecule has 0 spiro atoms. The Morgan fingerprint density at radius 3 is 3.15 bits per heavy atom. The topological polar surface area (TPSA) is 69.2 Å². The molecule has 2 N–H and O–H groups in total. The average Bonchev–Trinajstić information content (AvgIpc) is 2.75. The molecule has 1 aliphatic rings. The van der Waals surface area contributed by atoms with Crippen molar-refractivity contribution in [1.29, 1.82) is 0 Å². The normalized spacial score (nSPS) is 22.2. The SMILES string of the molecule is O=C(O)N1CCC(c2ccn[nH]2)C1. The predicted octanol–water partition coefficient (Wildman–Crippen LogP) is 0.877. The quantitative estimate of drug-likeness (QED) is 0.675. The summed E-state index contributed by atoms with van der Waals surface area (Å²) in [6.07, 6.45) is 1.75. The van der Waals surface area contributed by atoms with Gasteiger partial charge in [-0.05, 0) is 12.5 Å². The Morgan fingerprint density at radius 2 is 2.62 bits per heavy atom. The lowest BCUT2D eigenvalue weighted by Crippen LogP contribution is -2.26. The van der Waals surface area contributed by atoms with E-state index in [1.165, 1.54) is 4.90 Å². The van der Waals surface area contributed by atoms with Crippen LogP contribution in [0.2, 0.25) is 0 Å². The number of aromatic amines is 1. The molecule has 1 fully saturated rings. The van der Waals surface area contributed by atoms with Crippen molar-refractivity contribution in [2.75, 3.05) is 13.1 Å². The molecule has 1 aliphatic heterocycles. The zero-order valence-electron chi connectivity index (χ0n) is 7.10. The number of nitrogens with zero attached hydrogens (tertiary/aromatic N) is 2. The second kappa shape index (κ2) is 3.08. The maximum Gasteiger partial charge on any atom is 0.407 e. The molecule has 0 bridgehead atoms. The van der Waals surface area contributed by atoms with Crippen LogP contribution in [0.4, 0.5) is 4.79 Å². The summed E-state index contributed by atoms with van der Waals surface area (Å²) in [5.74, 6) is 0.290. The molecule has 1 saturated heterocycles. The Hall–Kier alpha value is -1.52. The molecule has 2 heterocycles. The maximum absolute atomic E-state index is 10.6. The van der Waals surface area contributed by atoms with E-state index in [9.17, 15) is 4.79 Å². The fourth-order valence-corrected chi connectivity index (χ4v) is 1.68. The Bertz CT molecular complexity index is 296. The van der Waals surface area contributed by atoms with E-state index in [1.54, 1.807) is 6.20 Å². The van der Waals surface area contributed by atoms with Crippen LogP contribution in [0, 0.1) is 0 Å². The summed E-state index contributed by atoms with van der Waals surface area (Å²) in [6, 6.07) is 1.90. The van der Waals surface area contributed by atoms with Gasteiger partial charge in [-0.1, -0.05) is 0 Å². The minimum Gasteiger partial charge on any atom is -0.465 e. The monoisotopic (exact) mass is 181 g/mol. The third-order valence-corrected chi connectivity index (χ3v) is 2.42. The fourth-order valence-electron chi connectivity index (χ4n) is 1.68. The van der Waals surface area contributed by atoms with E-state index >= 15 is 0 Å². The number of hydrogen-bond donors (Lipinski definition) is 2. The van der Waals surface area contributed by atoms with Gasteiger partial charge >= 0.3 is 6.09 Å². The molecule has 5 heteroatoms. The Morgan fingerprint density at radius 1 is 1.77 bits per heavy atom. The first-order chi connectivity index (χ1) is 6.27. The van der Waals surface area contributed by atoms with Crippen molar-refractivity contribution < 1.29 is 9.90 Å². The Labute approximate surface area is 75.4 Å². The maximum atomic E-state index is 10.6. The zero-order valence-corrected chi connectivity index (χ0v) is 7.10. The lowest BCUT2D eigenvalue weighted by Gasteiger charge is -2.10. The predicted molar refractivity (Wildman–Crippen MR) is 45.5 cm³/mol. The van der Waals surface area contributed by atoms with Gasteiger partial charge in [0.1, 0.15) is 0 Å². The average molecular weight is 181 g/mol. The van der Waals surface area contributed by atoms with Gasteiger partial charge in [0.15, 0.2) is 0 Å². The third-order valence-electron chi connectivity index (χ3n) is 2.42. The molecule has 13 heavy (non-hydrogen) atoms. The summed E-state index contributed by atoms with van der Waals surface area (Å²) in [5, 5.41) is 15.4. The van der Waals surface area contributed by atoms with E-state index in [1.807, 2.05) is 6.07 Å². The van der Waals surface area contributed by atoms with Crippen LogP contribution in [0.5, 0.6) is 0 Å². The van der Waals surface area contributed by atoms with Gasteiger partial charge in [-0.3, -0.25) is 5.10 Å². The van der Waals surface area contributed by atoms with E-state index in [0.29, 0.717) is 19.0 Å². The molecule has 70 valence electrons. The number of likely N-dealkylation sites (tertiary alicyclic amines) is 1. The van der Waals surface area contributed by atoms with Gasteiger partial charge in [-0.2, -0.15) is 5.10 Å². The van der Waals surface area contributed by atoms with Crippen LogP contribution in [0.1, 0.15) is 18.0 Å². The number of aromatic nitrogens is 2. The van der Waals surface area contributed by atoms with Crippen molar-refractivity contribution >= 4 is 6.09 Å². The largest absolute Gasteiger partial charge is 0.465 e. The number of rotatable bonds is 1. The van der Waals surface area contributed by atoms with Crippen molar-refractivity contribution in [3.63, 3.8) is 0 Å². The highest BCUT2D eigenvalue weighted by Gasteiger charge is 2.27. The first kappa shape index (κ1) is 8.10. The highest BCUT2D eigenvalue weighted by atomic mass is 16.4. The first-order valence-electron chi connectivity index (χ1n) is 4.24. The summed E-state index contributed by atoms with van der Waals surface area (Å²) < 4.78 is 0. The van der Waals surface area contributed by atoms with Gasteiger partial charge in [0.2, 0.25) is 0 Å². The second-order valence-corrected chi connectivity index (χ2v) is 3.23. The number of nitrogens with one attached hydrogen (secondary N) is 1. The minimum absolute atomic E-state index is 0.290. The summed E-state index contributed by atoms with van der Waals surface area (Å²) in [5.41, 5.74) is 1.03. The van der Waals surface area contributed by atoms with Gasteiger partial charge < -0.3 is 10.0 Å². The van der Waals surface area contributed by atoms with E-state index in [4.69, 9.17) is 5.11 Å². The van der Waals surface area contributed by atoms with Crippen LogP contribution >= 0.6 is 0 Å². The molecule has 1 aromatic heterocycles. The first-order valence-corrected chi connectivity index (χ1v) is 4.24. The lowest BCUT2D eigenvalue weighted by atomic mass is 10.1. The number of hydrogen-bond acceptors (Lipinski definition) is 2. The summed E-state index contributed by atoms with van der Waals surface area (Å²) >= 11 is 0. The fraction of sp³-hybridized carbons (Fsp3) is 0.500. The molecule has 2 rings (SSSR count). The smallest absolute Gasteiger partial charge is 0.407 e. The molecular formula is C8H11N3O2. The van der Waals surface area contributed by atoms with Crippen molar-refractivity contribution in [2.24, 2.45) is 0 Å². The standard InChI is InChI=1S/C8H11N3O2/c12-8(13)11-4-2-6(5-11)7-1-3-9-10-7/h1,3,6H,2,4-5H2,(H,9,10)(H,12,13). The number of H-pyrrole nitrogens is 1. The van der Waals surface area contributed by atoms with Gasteiger partial charge in [0, 0.05) is 30.9 Å². The van der Waals surface area contributed by atoms with Crippen molar-refractivity contribution in [2.45, 2.75) is 12.3 Å². The van der Waals surface area contributed by atoms with Crippen LogP contribution < -0.4 is 0 Å². The van der Waals surface area contributed by atoms with Gasteiger partial charge in [-0.25, -0.2) is 4.79 Å². The number of carboxylic acid groups (broad SMARTS) is 1. The van der Waals surface area contributed by atoms with Crippen molar-refractivity contribution in [1.82, 2.24) is 15.1 Å². The molecule has 0 aliphatic carbocycles. The molecule has 5 nitrogen and oxygen atoms in total. The summed E-state index contributed by atoms with van der Waals surface area (Å²) in [4.78, 5) is 12.1. The Kier molecular flexibility index (Phi) is 1.92. The van der Waals surface area contributed by atoms with E-state index in [0.717, 1.165) is 12.1 Å². The van der Waals surface area contributed by atoms with Gasteiger partial charge in [0.05, 0.1) is 0 Å². The highest BCUT2D eigenvalue weighted by Crippen LogP contribution is 2.24. The lowest BCUT2D eigenvalue weighted by molar-refractivity contribution is 0.155. The molecular weight excluding hydrogens is 170 g/mol. The van der Waals surface area contributed by atoms with Crippen LogP contribution in [-0.4, -0.2) is 39.4 Å². The van der Waals surface area contributed by atoms with Crippen molar-refractivity contribution in [3.8, 4) is 0 Å². The number of amides is 1. The zero-order chi connectivity index (χ0) is 9.26.